The number of hydrogen-bond acceptors (Lipinski definition) is 6. The van der Waals surface area contributed by atoms with Crippen LogP contribution in [0.1, 0.15) is 18.9 Å². The van der Waals surface area contributed by atoms with Crippen LogP contribution in [-0.4, -0.2) is 62.1 Å². The second-order valence-electron chi connectivity index (χ2n) is 7.19. The second kappa shape index (κ2) is 9.40. The van der Waals surface area contributed by atoms with Crippen LogP contribution in [0.2, 0.25) is 0 Å². The van der Waals surface area contributed by atoms with E-state index in [0.29, 0.717) is 30.6 Å². The van der Waals surface area contributed by atoms with E-state index in [1.54, 1.807) is 12.4 Å². The predicted molar refractivity (Wildman–Crippen MR) is 117 cm³/mol. The Morgan fingerprint density at radius 1 is 1.20 bits per heavy atom. The Kier molecular flexibility index (Phi) is 6.44. The van der Waals surface area contributed by atoms with Crippen LogP contribution in [0.25, 0.3) is 17.1 Å². The first-order valence-corrected chi connectivity index (χ1v) is 11.1. The molecule has 1 aliphatic heterocycles. The topological polar surface area (TPSA) is 73.1 Å². The number of carbonyl (C=O) groups is 1. The summed E-state index contributed by atoms with van der Waals surface area (Å²) in [5.74, 6) is 1.15. The number of morpholine rings is 1. The molecule has 4 rings (SSSR count). The second-order valence-corrected chi connectivity index (χ2v) is 8.14. The molecular formula is C22H25N5O2S. The minimum absolute atomic E-state index is 0.103. The first-order chi connectivity index (χ1) is 14.7. The van der Waals surface area contributed by atoms with Crippen molar-refractivity contribution in [1.29, 1.82) is 0 Å². The molecule has 3 heterocycles. The lowest BCUT2D eigenvalue weighted by molar-refractivity contribution is -0.135. The first kappa shape index (κ1) is 20.6. The largest absolute Gasteiger partial charge is 0.375 e. The summed E-state index contributed by atoms with van der Waals surface area (Å²) in [5, 5.41) is 9.56. The van der Waals surface area contributed by atoms with Crippen molar-refractivity contribution in [2.45, 2.75) is 31.5 Å². The summed E-state index contributed by atoms with van der Waals surface area (Å²) in [5.41, 5.74) is 3.04. The lowest BCUT2D eigenvalue weighted by Crippen LogP contribution is -2.46. The number of carbonyl (C=O) groups excluding carboxylic acids is 1. The summed E-state index contributed by atoms with van der Waals surface area (Å²) in [7, 11) is 0. The number of amides is 1. The van der Waals surface area contributed by atoms with E-state index in [1.165, 1.54) is 11.8 Å². The van der Waals surface area contributed by atoms with Crippen LogP contribution in [0, 0.1) is 6.92 Å². The first-order valence-electron chi connectivity index (χ1n) is 10.1. The van der Waals surface area contributed by atoms with Crippen LogP contribution in [0.4, 0.5) is 0 Å². The Hall–Kier alpha value is -2.71. The molecule has 1 saturated heterocycles. The predicted octanol–water partition coefficient (Wildman–Crippen LogP) is 3.37. The van der Waals surface area contributed by atoms with Gasteiger partial charge in [0, 0.05) is 31.0 Å². The number of aryl methyl sites for hydroxylation is 1. The van der Waals surface area contributed by atoms with Crippen LogP contribution < -0.4 is 0 Å². The summed E-state index contributed by atoms with van der Waals surface area (Å²) in [6, 6.07) is 11.9. The van der Waals surface area contributed by atoms with Gasteiger partial charge in [0.2, 0.25) is 5.91 Å². The maximum absolute atomic E-state index is 12.8. The third-order valence-electron chi connectivity index (χ3n) is 5.20. The standard InChI is InChI=1S/C22H25N5O2S/c1-3-18-14-26(12-13-29-18)20(28)15-30-22-25-24-21(17-8-10-23-11-9-17)27(22)19-7-5-4-6-16(19)2/h4-11,18H,3,12-15H2,1-2H3. The zero-order valence-corrected chi connectivity index (χ0v) is 18.0. The third kappa shape index (κ3) is 4.39. The molecule has 0 radical (unpaired) electrons. The summed E-state index contributed by atoms with van der Waals surface area (Å²) >= 11 is 1.42. The van der Waals surface area contributed by atoms with Crippen LogP contribution in [0.3, 0.4) is 0 Å². The van der Waals surface area contributed by atoms with Gasteiger partial charge in [-0.15, -0.1) is 10.2 Å². The molecule has 156 valence electrons. The number of nitrogens with zero attached hydrogens (tertiary/aromatic N) is 5. The van der Waals surface area contributed by atoms with Crippen molar-refractivity contribution in [1.82, 2.24) is 24.6 Å². The average Bonchev–Trinajstić information content (AvgIpc) is 3.22. The molecule has 0 aliphatic carbocycles. The van der Waals surface area contributed by atoms with Gasteiger partial charge in [0.25, 0.3) is 0 Å². The van der Waals surface area contributed by atoms with Gasteiger partial charge in [0.1, 0.15) is 0 Å². The number of benzene rings is 1. The van der Waals surface area contributed by atoms with E-state index in [9.17, 15) is 4.79 Å². The summed E-state index contributed by atoms with van der Waals surface area (Å²) in [6.45, 7) is 6.04. The lowest BCUT2D eigenvalue weighted by atomic mass is 10.2. The normalized spacial score (nSPS) is 16.6. The molecule has 0 N–H and O–H groups in total. The number of para-hydroxylation sites is 1. The van der Waals surface area contributed by atoms with Gasteiger partial charge < -0.3 is 9.64 Å². The molecule has 30 heavy (non-hydrogen) atoms. The van der Waals surface area contributed by atoms with Crippen molar-refractivity contribution in [2.75, 3.05) is 25.4 Å². The summed E-state index contributed by atoms with van der Waals surface area (Å²) in [4.78, 5) is 18.8. The molecule has 1 amide bonds. The average molecular weight is 424 g/mol. The number of thioether (sulfide) groups is 1. The molecule has 7 nitrogen and oxygen atoms in total. The van der Waals surface area contributed by atoms with Crippen molar-refractivity contribution in [3.63, 3.8) is 0 Å². The maximum Gasteiger partial charge on any atom is 0.233 e. The molecule has 1 fully saturated rings. The zero-order chi connectivity index (χ0) is 20.9. The minimum Gasteiger partial charge on any atom is -0.375 e. The van der Waals surface area contributed by atoms with E-state index < -0.39 is 0 Å². The third-order valence-corrected chi connectivity index (χ3v) is 6.11. The van der Waals surface area contributed by atoms with Crippen LogP contribution in [0.5, 0.6) is 0 Å². The van der Waals surface area contributed by atoms with Crippen LogP contribution in [0.15, 0.2) is 53.9 Å². The molecule has 0 saturated carbocycles. The van der Waals surface area contributed by atoms with Crippen molar-refractivity contribution in [2.24, 2.45) is 0 Å². The molecular weight excluding hydrogens is 398 g/mol. The Balaban J connectivity index is 1.60. The molecule has 1 aliphatic rings. The van der Waals surface area contributed by atoms with E-state index in [4.69, 9.17) is 4.74 Å². The Labute approximate surface area is 180 Å². The van der Waals surface area contributed by atoms with E-state index in [1.807, 2.05) is 39.8 Å². The smallest absolute Gasteiger partial charge is 0.233 e. The number of hydrogen-bond donors (Lipinski definition) is 0. The fourth-order valence-electron chi connectivity index (χ4n) is 3.49. The summed E-state index contributed by atoms with van der Waals surface area (Å²) in [6.07, 6.45) is 4.52. The highest BCUT2D eigenvalue weighted by Gasteiger charge is 2.24. The van der Waals surface area contributed by atoms with Gasteiger partial charge in [-0.25, -0.2) is 0 Å². The van der Waals surface area contributed by atoms with E-state index in [2.05, 4.69) is 35.1 Å². The van der Waals surface area contributed by atoms with Gasteiger partial charge >= 0.3 is 0 Å². The Morgan fingerprint density at radius 2 is 2.00 bits per heavy atom. The zero-order valence-electron chi connectivity index (χ0n) is 17.2. The van der Waals surface area contributed by atoms with Crippen LogP contribution >= 0.6 is 11.8 Å². The molecule has 0 bridgehead atoms. The van der Waals surface area contributed by atoms with Crippen LogP contribution in [-0.2, 0) is 9.53 Å². The van der Waals surface area contributed by atoms with Gasteiger partial charge in [-0.2, -0.15) is 0 Å². The number of rotatable bonds is 6. The van der Waals surface area contributed by atoms with Gasteiger partial charge in [0.15, 0.2) is 11.0 Å². The van der Waals surface area contributed by atoms with Crippen molar-refractivity contribution in [3.8, 4) is 17.1 Å². The monoisotopic (exact) mass is 423 g/mol. The molecule has 0 spiro atoms. The van der Waals surface area contributed by atoms with E-state index in [-0.39, 0.29) is 12.0 Å². The van der Waals surface area contributed by atoms with Crippen molar-refractivity contribution >= 4 is 17.7 Å². The molecule has 2 aromatic heterocycles. The van der Waals surface area contributed by atoms with E-state index >= 15 is 0 Å². The molecule has 3 aromatic rings. The highest BCUT2D eigenvalue weighted by atomic mass is 32.2. The number of pyridine rings is 1. The number of aromatic nitrogens is 4. The van der Waals surface area contributed by atoms with Gasteiger partial charge in [-0.3, -0.25) is 14.3 Å². The Bertz CT molecular complexity index is 1010. The fourth-order valence-corrected chi connectivity index (χ4v) is 4.34. The summed E-state index contributed by atoms with van der Waals surface area (Å²) < 4.78 is 7.71. The van der Waals surface area contributed by atoms with Gasteiger partial charge in [-0.05, 0) is 37.1 Å². The molecule has 1 unspecified atom stereocenters. The molecule has 1 atom stereocenters. The SMILES string of the molecule is CCC1CN(C(=O)CSc2nnc(-c3ccncc3)n2-c2ccccc2C)CCO1. The quantitative estimate of drug-likeness (QED) is 0.566. The number of ether oxygens (including phenoxy) is 1. The molecule has 1 aromatic carbocycles. The highest BCUT2D eigenvalue weighted by Crippen LogP contribution is 2.29. The molecule has 8 heteroatoms. The highest BCUT2D eigenvalue weighted by molar-refractivity contribution is 7.99. The van der Waals surface area contributed by atoms with Gasteiger partial charge in [-0.1, -0.05) is 36.9 Å². The van der Waals surface area contributed by atoms with E-state index in [0.717, 1.165) is 29.1 Å². The minimum atomic E-state index is 0.103. The Morgan fingerprint density at radius 3 is 2.77 bits per heavy atom. The van der Waals surface area contributed by atoms with Crippen molar-refractivity contribution < 1.29 is 9.53 Å². The maximum atomic E-state index is 12.8. The van der Waals surface area contributed by atoms with Crippen molar-refractivity contribution in [3.05, 3.63) is 54.4 Å². The lowest BCUT2D eigenvalue weighted by Gasteiger charge is -2.32. The fraction of sp³-hybridized carbons (Fsp3) is 0.364. The van der Waals surface area contributed by atoms with Gasteiger partial charge in [0.05, 0.1) is 24.2 Å².